The Hall–Kier alpha value is -5.46. The average Bonchev–Trinajstić information content (AvgIpc) is 3.61. The van der Waals surface area contributed by atoms with Crippen LogP contribution in [-0.2, 0) is 28.7 Å². The summed E-state index contributed by atoms with van der Waals surface area (Å²) in [6.45, 7) is 5.10. The minimum atomic E-state index is -1.20. The first kappa shape index (κ1) is 39.7. The second kappa shape index (κ2) is 18.5. The zero-order chi connectivity index (χ0) is 38.8. The second-order valence-corrected chi connectivity index (χ2v) is 14.2. The van der Waals surface area contributed by atoms with Gasteiger partial charge in [-0.25, -0.2) is 9.78 Å². The van der Waals surface area contributed by atoms with Gasteiger partial charge in [-0.15, -0.1) is 0 Å². The number of benzene rings is 2. The summed E-state index contributed by atoms with van der Waals surface area (Å²) in [7, 11) is 1.56. The van der Waals surface area contributed by atoms with E-state index in [-0.39, 0.29) is 30.9 Å². The summed E-state index contributed by atoms with van der Waals surface area (Å²) in [6, 6.07) is 14.5. The summed E-state index contributed by atoms with van der Waals surface area (Å²) in [6.07, 6.45) is 6.36. The van der Waals surface area contributed by atoms with E-state index in [1.54, 1.807) is 46.1 Å². The van der Waals surface area contributed by atoms with Crippen LogP contribution in [0.4, 0.5) is 0 Å². The topological polar surface area (TPSA) is 182 Å². The van der Waals surface area contributed by atoms with Crippen LogP contribution in [0.2, 0.25) is 0 Å². The van der Waals surface area contributed by atoms with Crippen molar-refractivity contribution < 1.29 is 43.3 Å². The molecule has 13 heteroatoms. The molecule has 4 atom stereocenters. The fraction of sp³-hybridized carbons (Fsp3) is 0.463. The third kappa shape index (κ3) is 10.1. The number of aromatic nitrogens is 1. The Morgan fingerprint density at radius 1 is 0.963 bits per heavy atom. The number of pyridine rings is 1. The number of carbonyl (C=O) groups excluding carboxylic acids is 4. The lowest BCUT2D eigenvalue weighted by Gasteiger charge is -2.24. The van der Waals surface area contributed by atoms with E-state index in [1.807, 2.05) is 36.4 Å². The molecule has 1 heterocycles. The first-order chi connectivity index (χ1) is 26.0. The van der Waals surface area contributed by atoms with E-state index in [2.05, 4.69) is 16.0 Å². The molecule has 54 heavy (non-hydrogen) atoms. The lowest BCUT2D eigenvalue weighted by molar-refractivity contribution is -0.145. The number of fused-ring (bicyclic) bond motifs is 1. The SMILES string of the molecule is CC[C@H](NC(=O)[C@@H]1C[C@@H](Oc2cc(-c3ccccc3)nc3cc(OC)ccc23)C=C1C(=O)N[C@@H](C(=O)NCC(=O)OCC1CCCCC1)C(C)C)C(=O)O. The van der Waals surface area contributed by atoms with Crippen LogP contribution in [0, 0.1) is 17.8 Å². The zero-order valence-corrected chi connectivity index (χ0v) is 31.3. The number of nitrogens with zero attached hydrogens (tertiary/aromatic N) is 1. The molecule has 3 aromatic rings. The highest BCUT2D eigenvalue weighted by molar-refractivity contribution is 6.03. The molecule has 1 saturated carbocycles. The maximum Gasteiger partial charge on any atom is 0.326 e. The third-order valence-corrected chi connectivity index (χ3v) is 9.98. The van der Waals surface area contributed by atoms with E-state index in [9.17, 15) is 29.1 Å². The van der Waals surface area contributed by atoms with Gasteiger partial charge in [-0.1, -0.05) is 70.4 Å². The number of esters is 1. The molecule has 0 saturated heterocycles. The Morgan fingerprint density at radius 3 is 2.37 bits per heavy atom. The predicted molar refractivity (Wildman–Crippen MR) is 202 cm³/mol. The number of ether oxygens (including phenoxy) is 3. The highest BCUT2D eigenvalue weighted by Crippen LogP contribution is 2.36. The number of nitrogens with one attached hydrogen (secondary N) is 3. The summed E-state index contributed by atoms with van der Waals surface area (Å²) >= 11 is 0. The molecular weight excluding hydrogens is 692 g/mol. The average molecular weight is 743 g/mol. The molecule has 288 valence electrons. The van der Waals surface area contributed by atoms with E-state index in [0.717, 1.165) is 31.2 Å². The molecule has 5 rings (SSSR count). The summed E-state index contributed by atoms with van der Waals surface area (Å²) in [5.41, 5.74) is 2.12. The summed E-state index contributed by atoms with van der Waals surface area (Å²) < 4.78 is 17.4. The van der Waals surface area contributed by atoms with E-state index in [1.165, 1.54) is 12.5 Å². The molecule has 1 aromatic heterocycles. The number of hydrogen-bond donors (Lipinski definition) is 4. The van der Waals surface area contributed by atoms with Gasteiger partial charge in [-0.3, -0.25) is 19.2 Å². The quantitative estimate of drug-likeness (QED) is 0.146. The van der Waals surface area contributed by atoms with Gasteiger partial charge < -0.3 is 35.3 Å². The number of carboxylic acids is 1. The lowest BCUT2D eigenvalue weighted by atomic mass is 9.90. The van der Waals surface area contributed by atoms with Gasteiger partial charge in [-0.2, -0.15) is 0 Å². The number of hydrogen-bond acceptors (Lipinski definition) is 9. The van der Waals surface area contributed by atoms with Crippen molar-refractivity contribution in [2.24, 2.45) is 17.8 Å². The van der Waals surface area contributed by atoms with Crippen molar-refractivity contribution in [1.29, 1.82) is 0 Å². The molecule has 0 aliphatic heterocycles. The molecule has 0 bridgehead atoms. The Labute approximate surface area is 315 Å². The lowest BCUT2D eigenvalue weighted by Crippen LogP contribution is -2.52. The van der Waals surface area contributed by atoms with E-state index in [0.29, 0.717) is 40.6 Å². The number of carboxylic acid groups (broad SMARTS) is 1. The van der Waals surface area contributed by atoms with E-state index >= 15 is 0 Å². The smallest absolute Gasteiger partial charge is 0.326 e. The van der Waals surface area contributed by atoms with Crippen molar-refractivity contribution in [2.45, 2.75) is 83.9 Å². The maximum atomic E-state index is 14.0. The normalized spacial score (nSPS) is 18.3. The van der Waals surface area contributed by atoms with Gasteiger partial charge in [0.15, 0.2) is 0 Å². The highest BCUT2D eigenvalue weighted by atomic mass is 16.5. The summed E-state index contributed by atoms with van der Waals surface area (Å²) in [5.74, 6) is -3.77. The molecule has 2 aliphatic rings. The molecule has 3 amide bonds. The van der Waals surface area contributed by atoms with E-state index < -0.39 is 53.8 Å². The Balaban J connectivity index is 1.37. The number of aliphatic carboxylic acids is 1. The van der Waals surface area contributed by atoms with Gasteiger partial charge >= 0.3 is 11.9 Å². The van der Waals surface area contributed by atoms with Crippen molar-refractivity contribution >= 4 is 40.6 Å². The van der Waals surface area contributed by atoms with Crippen molar-refractivity contribution in [3.63, 3.8) is 0 Å². The van der Waals surface area contributed by atoms with Crippen LogP contribution in [0.25, 0.3) is 22.2 Å². The molecular formula is C41H50N4O9. The Bertz CT molecular complexity index is 1860. The van der Waals surface area contributed by atoms with Gasteiger partial charge in [0, 0.05) is 35.1 Å². The minimum Gasteiger partial charge on any atom is -0.497 e. The molecule has 2 aromatic carbocycles. The third-order valence-electron chi connectivity index (χ3n) is 9.98. The van der Waals surface area contributed by atoms with E-state index in [4.69, 9.17) is 19.2 Å². The van der Waals surface area contributed by atoms with Crippen LogP contribution in [-0.4, -0.2) is 78.2 Å². The first-order valence-electron chi connectivity index (χ1n) is 18.7. The number of carbonyl (C=O) groups is 5. The minimum absolute atomic E-state index is 0.0245. The molecule has 1 fully saturated rings. The summed E-state index contributed by atoms with van der Waals surface area (Å²) in [4.78, 5) is 70.0. The molecule has 2 aliphatic carbocycles. The van der Waals surface area contributed by atoms with Crippen molar-refractivity contribution in [3.05, 3.63) is 66.2 Å². The zero-order valence-electron chi connectivity index (χ0n) is 31.3. The second-order valence-electron chi connectivity index (χ2n) is 14.2. The number of methoxy groups -OCH3 is 1. The highest BCUT2D eigenvalue weighted by Gasteiger charge is 2.39. The van der Waals surface area contributed by atoms with Gasteiger partial charge in [0.05, 0.1) is 30.8 Å². The van der Waals surface area contributed by atoms with Crippen LogP contribution in [0.15, 0.2) is 66.2 Å². The van der Waals surface area contributed by atoms with Crippen molar-refractivity contribution in [1.82, 2.24) is 20.9 Å². The maximum absolute atomic E-state index is 14.0. The fourth-order valence-corrected chi connectivity index (χ4v) is 6.88. The number of amides is 3. The molecule has 4 N–H and O–H groups in total. The van der Waals surface area contributed by atoms with Crippen LogP contribution in [0.3, 0.4) is 0 Å². The van der Waals surface area contributed by atoms with Crippen LogP contribution >= 0.6 is 0 Å². The van der Waals surface area contributed by atoms with Crippen molar-refractivity contribution in [2.75, 3.05) is 20.3 Å². The molecule has 0 unspecified atom stereocenters. The predicted octanol–water partition coefficient (Wildman–Crippen LogP) is 4.96. The van der Waals surface area contributed by atoms with Gasteiger partial charge in [0.25, 0.3) is 0 Å². The monoisotopic (exact) mass is 742 g/mol. The molecule has 0 radical (unpaired) electrons. The largest absolute Gasteiger partial charge is 0.497 e. The Kier molecular flexibility index (Phi) is 13.6. The molecule has 0 spiro atoms. The van der Waals surface area contributed by atoms with Crippen LogP contribution < -0.4 is 25.4 Å². The summed E-state index contributed by atoms with van der Waals surface area (Å²) in [5, 5.41) is 18.2. The number of rotatable bonds is 16. The van der Waals surface area contributed by atoms with Crippen LogP contribution in [0.1, 0.15) is 65.7 Å². The Morgan fingerprint density at radius 2 is 1.70 bits per heavy atom. The van der Waals surface area contributed by atoms with Gasteiger partial charge in [0.2, 0.25) is 17.7 Å². The van der Waals surface area contributed by atoms with Gasteiger partial charge in [0.1, 0.15) is 36.2 Å². The fourth-order valence-electron chi connectivity index (χ4n) is 6.88. The first-order valence-corrected chi connectivity index (χ1v) is 18.7. The van der Waals surface area contributed by atoms with Crippen molar-refractivity contribution in [3.8, 4) is 22.8 Å². The van der Waals surface area contributed by atoms with Gasteiger partial charge in [-0.05, 0) is 49.3 Å². The van der Waals surface area contributed by atoms with Crippen LogP contribution in [0.5, 0.6) is 11.5 Å². The standard InChI is InChI=1S/C41H50N4O9/c1-5-32(41(50)51)44-38(47)30-18-28(54-35-21-33(26-14-10-7-11-15-26)43-34-20-27(52-4)16-17-29(34)35)19-31(30)39(48)45-37(24(2)3)40(49)42-22-36(46)53-23-25-12-8-6-9-13-25/h7,10-11,14-17,19-21,24-25,28,30,32,37H,5-6,8-9,12-13,18,22-23H2,1-4H3,(H,42,49)(H,44,47)(H,45,48)(H,50,51)/t28-,30-,32+,37-/m1/s1. The molecule has 13 nitrogen and oxygen atoms in total.